The smallest absolute Gasteiger partial charge is 0.243 e. The topological polar surface area (TPSA) is 57.7 Å². The molecule has 3 rings (SSSR count). The zero-order chi connectivity index (χ0) is 21.2. The Bertz CT molecular complexity index is 1160. The molecule has 3 aromatic rings. The molecule has 8 heteroatoms. The first-order chi connectivity index (χ1) is 13.8. The van der Waals surface area contributed by atoms with Crippen LogP contribution in [-0.2, 0) is 14.8 Å². The highest BCUT2D eigenvalue weighted by molar-refractivity contribution is 7.89. The standard InChI is InChI=1S/C21H20Cl2N2O3S/c1-3-25(20-10-6-8-15-7-4-5-9-17(15)20)21(26)14-24(2)29(27,28)16-11-12-18(22)19(23)13-16/h4-13H,3,14H2,1-2H3. The number of hydrogen-bond donors (Lipinski definition) is 0. The van der Waals surface area contributed by atoms with Gasteiger partial charge in [0.2, 0.25) is 15.9 Å². The second-order valence-corrected chi connectivity index (χ2v) is 9.33. The van der Waals surface area contributed by atoms with Gasteiger partial charge in [0.15, 0.2) is 0 Å². The number of rotatable bonds is 6. The molecule has 3 aromatic carbocycles. The van der Waals surface area contributed by atoms with Crippen molar-refractivity contribution in [3.05, 3.63) is 70.7 Å². The van der Waals surface area contributed by atoms with Crippen molar-refractivity contribution in [2.45, 2.75) is 11.8 Å². The van der Waals surface area contributed by atoms with Gasteiger partial charge in [-0.1, -0.05) is 59.6 Å². The van der Waals surface area contributed by atoms with Crippen LogP contribution in [0.4, 0.5) is 5.69 Å². The summed E-state index contributed by atoms with van der Waals surface area (Å²) in [6.45, 7) is 1.96. The molecule has 0 unspecified atom stereocenters. The number of carbonyl (C=O) groups excluding carboxylic acids is 1. The molecule has 0 N–H and O–H groups in total. The third-order valence-electron chi connectivity index (χ3n) is 4.63. The average molecular weight is 451 g/mol. The van der Waals surface area contributed by atoms with Gasteiger partial charge in [0.05, 0.1) is 27.2 Å². The zero-order valence-corrected chi connectivity index (χ0v) is 18.3. The third kappa shape index (κ3) is 4.41. The third-order valence-corrected chi connectivity index (χ3v) is 7.17. The number of hydrogen-bond acceptors (Lipinski definition) is 3. The van der Waals surface area contributed by atoms with E-state index in [0.29, 0.717) is 6.54 Å². The van der Waals surface area contributed by atoms with E-state index in [1.54, 1.807) is 4.90 Å². The zero-order valence-electron chi connectivity index (χ0n) is 16.0. The summed E-state index contributed by atoms with van der Waals surface area (Å²) in [7, 11) is -2.53. The van der Waals surface area contributed by atoms with Crippen molar-refractivity contribution in [1.82, 2.24) is 4.31 Å². The van der Waals surface area contributed by atoms with Crippen molar-refractivity contribution in [1.29, 1.82) is 0 Å². The van der Waals surface area contributed by atoms with Crippen molar-refractivity contribution in [2.24, 2.45) is 0 Å². The molecule has 1 amide bonds. The van der Waals surface area contributed by atoms with Crippen LogP contribution in [0.15, 0.2) is 65.6 Å². The summed E-state index contributed by atoms with van der Waals surface area (Å²) < 4.78 is 26.7. The van der Waals surface area contributed by atoms with Gasteiger partial charge in [-0.2, -0.15) is 4.31 Å². The minimum absolute atomic E-state index is 0.0181. The van der Waals surface area contributed by atoms with E-state index in [4.69, 9.17) is 23.2 Å². The highest BCUT2D eigenvalue weighted by Crippen LogP contribution is 2.28. The van der Waals surface area contributed by atoms with Crippen LogP contribution >= 0.6 is 23.2 Å². The van der Waals surface area contributed by atoms with E-state index in [-0.39, 0.29) is 27.4 Å². The Morgan fingerprint density at radius 2 is 1.66 bits per heavy atom. The molecule has 0 bridgehead atoms. The number of amides is 1. The maximum atomic E-state index is 13.0. The summed E-state index contributed by atoms with van der Waals surface area (Å²) in [4.78, 5) is 14.6. The van der Waals surface area contributed by atoms with Crippen LogP contribution in [0.5, 0.6) is 0 Å². The normalized spacial score (nSPS) is 11.8. The van der Waals surface area contributed by atoms with Gasteiger partial charge in [0, 0.05) is 19.0 Å². The molecule has 0 spiro atoms. The maximum absolute atomic E-state index is 13.0. The lowest BCUT2D eigenvalue weighted by Gasteiger charge is -2.25. The van der Waals surface area contributed by atoms with Gasteiger partial charge in [0.1, 0.15) is 0 Å². The van der Waals surface area contributed by atoms with Gasteiger partial charge < -0.3 is 4.90 Å². The Hall–Kier alpha value is -2.12. The van der Waals surface area contributed by atoms with Crippen LogP contribution < -0.4 is 4.90 Å². The predicted molar refractivity (Wildman–Crippen MR) is 118 cm³/mol. The molecule has 0 aliphatic carbocycles. The molecule has 0 fully saturated rings. The fourth-order valence-electron chi connectivity index (χ4n) is 3.10. The van der Waals surface area contributed by atoms with E-state index in [9.17, 15) is 13.2 Å². The number of sulfonamides is 1. The second kappa shape index (κ2) is 8.71. The van der Waals surface area contributed by atoms with Crippen molar-refractivity contribution in [3.8, 4) is 0 Å². The highest BCUT2D eigenvalue weighted by atomic mass is 35.5. The largest absolute Gasteiger partial charge is 0.311 e. The van der Waals surface area contributed by atoms with Gasteiger partial charge in [0.25, 0.3) is 0 Å². The summed E-state index contributed by atoms with van der Waals surface area (Å²) in [6.07, 6.45) is 0. The second-order valence-electron chi connectivity index (χ2n) is 6.47. The molecule has 0 aliphatic rings. The molecule has 0 aliphatic heterocycles. The van der Waals surface area contributed by atoms with Gasteiger partial charge in [-0.25, -0.2) is 8.42 Å². The van der Waals surface area contributed by atoms with Crippen LogP contribution in [0.3, 0.4) is 0 Å². The van der Waals surface area contributed by atoms with Crippen molar-refractivity contribution >= 4 is 55.6 Å². The molecule has 0 aromatic heterocycles. The number of fused-ring (bicyclic) bond motifs is 1. The molecule has 0 atom stereocenters. The van der Waals surface area contributed by atoms with E-state index in [1.165, 1.54) is 25.2 Å². The molecular formula is C21H20Cl2N2O3S. The summed E-state index contributed by atoms with van der Waals surface area (Å²) in [5, 5.41) is 2.34. The molecule has 0 radical (unpaired) electrons. The molecule has 0 heterocycles. The summed E-state index contributed by atoms with van der Waals surface area (Å²) in [5.74, 6) is -0.324. The Morgan fingerprint density at radius 3 is 2.34 bits per heavy atom. The molecule has 0 saturated heterocycles. The van der Waals surface area contributed by atoms with E-state index in [0.717, 1.165) is 20.8 Å². The number of anilines is 1. The lowest BCUT2D eigenvalue weighted by atomic mass is 10.1. The fraction of sp³-hybridized carbons (Fsp3) is 0.190. The van der Waals surface area contributed by atoms with Crippen molar-refractivity contribution < 1.29 is 13.2 Å². The Labute approximate surface area is 180 Å². The number of likely N-dealkylation sites (N-methyl/N-ethyl adjacent to an activating group) is 2. The lowest BCUT2D eigenvalue weighted by molar-refractivity contribution is -0.118. The number of carbonyl (C=O) groups is 1. The Morgan fingerprint density at radius 1 is 0.966 bits per heavy atom. The maximum Gasteiger partial charge on any atom is 0.243 e. The predicted octanol–water partition coefficient (Wildman–Crippen LogP) is 4.82. The summed E-state index contributed by atoms with van der Waals surface area (Å²) in [5.41, 5.74) is 0.746. The van der Waals surface area contributed by atoms with Crippen LogP contribution in [-0.4, -0.2) is 38.8 Å². The lowest BCUT2D eigenvalue weighted by Crippen LogP contribution is -2.41. The number of benzene rings is 3. The van der Waals surface area contributed by atoms with E-state index in [2.05, 4.69) is 0 Å². The quantitative estimate of drug-likeness (QED) is 0.540. The van der Waals surface area contributed by atoms with Crippen molar-refractivity contribution in [3.63, 3.8) is 0 Å². The van der Waals surface area contributed by atoms with E-state index in [1.807, 2.05) is 49.4 Å². The Kier molecular flexibility index (Phi) is 6.49. The van der Waals surface area contributed by atoms with Crippen molar-refractivity contribution in [2.75, 3.05) is 25.0 Å². The van der Waals surface area contributed by atoms with Crippen LogP contribution in [0, 0.1) is 0 Å². The van der Waals surface area contributed by atoms with Gasteiger partial charge in [-0.3, -0.25) is 4.79 Å². The minimum atomic E-state index is -3.90. The summed E-state index contributed by atoms with van der Waals surface area (Å²) in [6, 6.07) is 17.5. The van der Waals surface area contributed by atoms with Crippen LogP contribution in [0.2, 0.25) is 10.0 Å². The van der Waals surface area contributed by atoms with Crippen LogP contribution in [0.25, 0.3) is 10.8 Å². The molecule has 0 saturated carbocycles. The molecule has 5 nitrogen and oxygen atoms in total. The molecule has 29 heavy (non-hydrogen) atoms. The van der Waals surface area contributed by atoms with E-state index < -0.39 is 10.0 Å². The summed E-state index contributed by atoms with van der Waals surface area (Å²) >= 11 is 11.8. The Balaban J connectivity index is 1.88. The number of nitrogens with zero attached hydrogens (tertiary/aromatic N) is 2. The first-order valence-corrected chi connectivity index (χ1v) is 11.1. The monoisotopic (exact) mass is 450 g/mol. The fourth-order valence-corrected chi connectivity index (χ4v) is 4.61. The minimum Gasteiger partial charge on any atom is -0.311 e. The first kappa shape index (κ1) is 21.6. The molecular weight excluding hydrogens is 431 g/mol. The highest BCUT2D eigenvalue weighted by Gasteiger charge is 2.26. The van der Waals surface area contributed by atoms with Gasteiger partial charge in [-0.15, -0.1) is 0 Å². The first-order valence-electron chi connectivity index (χ1n) is 8.95. The van der Waals surface area contributed by atoms with Crippen LogP contribution in [0.1, 0.15) is 6.92 Å². The average Bonchev–Trinajstić information content (AvgIpc) is 2.70. The van der Waals surface area contributed by atoms with Gasteiger partial charge in [-0.05, 0) is 36.6 Å². The van der Waals surface area contributed by atoms with Gasteiger partial charge >= 0.3 is 0 Å². The van der Waals surface area contributed by atoms with E-state index >= 15 is 0 Å². The SMILES string of the molecule is CCN(C(=O)CN(C)S(=O)(=O)c1ccc(Cl)c(Cl)c1)c1cccc2ccccc12. The number of halogens is 2. The molecule has 152 valence electrons.